The van der Waals surface area contributed by atoms with Gasteiger partial charge in [0, 0.05) is 28.3 Å². The lowest BCUT2D eigenvalue weighted by Crippen LogP contribution is -2.29. The van der Waals surface area contributed by atoms with Gasteiger partial charge in [-0.05, 0) is 38.1 Å². The summed E-state index contributed by atoms with van der Waals surface area (Å²) >= 11 is 0. The third-order valence-corrected chi connectivity index (χ3v) is 6.15. The maximum Gasteiger partial charge on any atom is 0.240 e. The molecule has 0 atom stereocenters. The second-order valence-electron chi connectivity index (χ2n) is 4.72. The number of rotatable bonds is 4. The van der Waals surface area contributed by atoms with Crippen LogP contribution in [0.15, 0.2) is 23.1 Å². The molecule has 0 radical (unpaired) electrons. The van der Waals surface area contributed by atoms with Gasteiger partial charge in [0.2, 0.25) is 10.0 Å². The Hall–Kier alpha value is -1.12. The second kappa shape index (κ2) is 6.11. The monoisotopic (exact) mass is 317 g/mol. The lowest BCUT2D eigenvalue weighted by atomic mass is 10.1. The molecule has 1 fully saturated rings. The summed E-state index contributed by atoms with van der Waals surface area (Å²) in [5.41, 5.74) is 7.00. The fourth-order valence-corrected chi connectivity index (χ4v) is 4.16. The van der Waals surface area contributed by atoms with Crippen LogP contribution in [-0.2, 0) is 20.8 Å². The Morgan fingerprint density at radius 2 is 1.95 bits per heavy atom. The molecule has 1 saturated heterocycles. The first-order chi connectivity index (χ1) is 9.42. The minimum atomic E-state index is -3.48. The lowest BCUT2D eigenvalue weighted by molar-refractivity contribution is 0.588. The summed E-state index contributed by atoms with van der Waals surface area (Å²) in [6.45, 7) is 0. The fourth-order valence-electron chi connectivity index (χ4n) is 2.10. The molecule has 20 heavy (non-hydrogen) atoms. The van der Waals surface area contributed by atoms with Crippen LogP contribution in [0.1, 0.15) is 12.8 Å². The smallest absolute Gasteiger partial charge is 0.240 e. The highest BCUT2D eigenvalue weighted by atomic mass is 32.2. The Labute approximate surface area is 121 Å². The molecule has 0 saturated carbocycles. The van der Waals surface area contributed by atoms with Crippen molar-refractivity contribution in [1.82, 2.24) is 4.72 Å². The zero-order chi connectivity index (χ0) is 14.8. The van der Waals surface area contributed by atoms with Crippen LogP contribution < -0.4 is 15.8 Å². The van der Waals surface area contributed by atoms with Crippen molar-refractivity contribution in [1.29, 1.82) is 0 Å². The van der Waals surface area contributed by atoms with Crippen molar-refractivity contribution in [2.24, 2.45) is 0 Å². The lowest BCUT2D eigenvalue weighted by Gasteiger charge is -2.24. The van der Waals surface area contributed by atoms with Crippen LogP contribution in [0.4, 0.5) is 11.4 Å². The molecule has 4 N–H and O–H groups in total. The van der Waals surface area contributed by atoms with Crippen molar-refractivity contribution in [3.63, 3.8) is 0 Å². The third kappa shape index (κ3) is 3.50. The van der Waals surface area contributed by atoms with E-state index in [-0.39, 0.29) is 10.9 Å². The number of nitrogens with one attached hydrogen (secondary N) is 2. The molecule has 1 heterocycles. The highest BCUT2D eigenvalue weighted by molar-refractivity contribution is 7.89. The van der Waals surface area contributed by atoms with E-state index in [1.807, 2.05) is 0 Å². The van der Waals surface area contributed by atoms with E-state index in [0.717, 1.165) is 12.8 Å². The average Bonchev–Trinajstić information content (AvgIpc) is 2.43. The Morgan fingerprint density at radius 1 is 1.30 bits per heavy atom. The van der Waals surface area contributed by atoms with Gasteiger partial charge in [-0.15, -0.1) is 0 Å². The van der Waals surface area contributed by atoms with Crippen molar-refractivity contribution in [3.05, 3.63) is 18.2 Å². The van der Waals surface area contributed by atoms with Crippen LogP contribution in [0, 0.1) is 0 Å². The van der Waals surface area contributed by atoms with Crippen molar-refractivity contribution in [2.45, 2.75) is 23.8 Å². The Balaban J connectivity index is 2.19. The van der Waals surface area contributed by atoms with Gasteiger partial charge in [0.25, 0.3) is 0 Å². The summed E-state index contributed by atoms with van der Waals surface area (Å²) in [6, 6.07) is 4.77. The van der Waals surface area contributed by atoms with Crippen LogP contribution in [0.25, 0.3) is 0 Å². The van der Waals surface area contributed by atoms with Crippen molar-refractivity contribution >= 4 is 32.2 Å². The average molecular weight is 317 g/mol. The molecule has 0 bridgehead atoms. The van der Waals surface area contributed by atoms with E-state index in [2.05, 4.69) is 10.0 Å². The summed E-state index contributed by atoms with van der Waals surface area (Å²) < 4.78 is 37.2. The Morgan fingerprint density at radius 3 is 2.55 bits per heavy atom. The maximum atomic E-state index is 11.8. The second-order valence-corrected chi connectivity index (χ2v) is 8.31. The first-order valence-corrected chi connectivity index (χ1v) is 9.34. The molecule has 1 aromatic rings. The summed E-state index contributed by atoms with van der Waals surface area (Å²) in [4.78, 5) is 0.177. The molecule has 6 nitrogen and oxygen atoms in total. The molecule has 8 heteroatoms. The number of benzene rings is 1. The number of sulfonamides is 1. The molecule has 0 aromatic heterocycles. The topological polar surface area (TPSA) is 101 Å². The van der Waals surface area contributed by atoms with Crippen LogP contribution in [0.5, 0.6) is 0 Å². The number of anilines is 2. The summed E-state index contributed by atoms with van der Waals surface area (Å²) in [5.74, 6) is 1.35. The van der Waals surface area contributed by atoms with Gasteiger partial charge >= 0.3 is 0 Å². The minimum absolute atomic E-state index is 0.177. The zero-order valence-corrected chi connectivity index (χ0v) is 12.9. The largest absolute Gasteiger partial charge is 0.397 e. The molecule has 1 aliphatic rings. The Kier molecular flexibility index (Phi) is 4.66. The van der Waals surface area contributed by atoms with E-state index in [4.69, 9.17) is 5.73 Å². The molecule has 1 aliphatic heterocycles. The van der Waals surface area contributed by atoms with Crippen molar-refractivity contribution < 1.29 is 12.6 Å². The van der Waals surface area contributed by atoms with Gasteiger partial charge in [-0.3, -0.25) is 4.21 Å². The predicted octanol–water partition coefficient (Wildman–Crippen LogP) is 0.500. The predicted molar refractivity (Wildman–Crippen MR) is 81.6 cm³/mol. The van der Waals surface area contributed by atoms with Gasteiger partial charge in [0.15, 0.2) is 0 Å². The highest BCUT2D eigenvalue weighted by Crippen LogP contribution is 2.25. The van der Waals surface area contributed by atoms with Gasteiger partial charge in [-0.2, -0.15) is 0 Å². The van der Waals surface area contributed by atoms with Gasteiger partial charge in [-0.1, -0.05) is 0 Å². The maximum absolute atomic E-state index is 11.8. The minimum Gasteiger partial charge on any atom is -0.397 e. The Bertz CT molecular complexity index is 606. The molecular formula is C12H19N3O3S2. The van der Waals surface area contributed by atoms with Gasteiger partial charge in [-0.25, -0.2) is 13.1 Å². The summed E-state index contributed by atoms with van der Waals surface area (Å²) in [5, 5.41) is 3.25. The van der Waals surface area contributed by atoms with Crippen LogP contribution >= 0.6 is 0 Å². The number of nitrogens with two attached hydrogens (primary N) is 1. The van der Waals surface area contributed by atoms with E-state index in [9.17, 15) is 12.6 Å². The van der Waals surface area contributed by atoms with E-state index in [1.54, 1.807) is 6.07 Å². The molecule has 0 aliphatic carbocycles. The van der Waals surface area contributed by atoms with Gasteiger partial charge < -0.3 is 11.1 Å². The molecule has 1 aromatic carbocycles. The number of hydrogen-bond donors (Lipinski definition) is 3. The highest BCUT2D eigenvalue weighted by Gasteiger charge is 2.19. The standard InChI is InChI=1S/C12H19N3O3S2/c1-14-20(17,18)10-2-3-11(13)12(8-10)15-9-4-6-19(16)7-5-9/h2-3,8-9,14-15H,4-7,13H2,1H3. The van der Waals surface area contributed by atoms with Gasteiger partial charge in [0.1, 0.15) is 0 Å². The first-order valence-electron chi connectivity index (χ1n) is 6.37. The van der Waals surface area contributed by atoms with E-state index >= 15 is 0 Å². The van der Waals surface area contributed by atoms with E-state index in [1.165, 1.54) is 19.2 Å². The fraction of sp³-hybridized carbons (Fsp3) is 0.500. The number of hydrogen-bond acceptors (Lipinski definition) is 5. The molecule has 0 unspecified atom stereocenters. The van der Waals surface area contributed by atoms with Crippen molar-refractivity contribution in [3.8, 4) is 0 Å². The third-order valence-electron chi connectivity index (χ3n) is 3.35. The molecule has 2 rings (SSSR count). The quantitative estimate of drug-likeness (QED) is 0.702. The normalized spacial score (nSPS) is 23.4. The molecule has 0 spiro atoms. The van der Waals surface area contributed by atoms with Gasteiger partial charge in [0.05, 0.1) is 16.3 Å². The van der Waals surface area contributed by atoms with Crippen molar-refractivity contribution in [2.75, 3.05) is 29.6 Å². The van der Waals surface area contributed by atoms with Crippen LogP contribution in [0.2, 0.25) is 0 Å². The van der Waals surface area contributed by atoms with Crippen LogP contribution in [0.3, 0.4) is 0 Å². The molecular weight excluding hydrogens is 298 g/mol. The zero-order valence-electron chi connectivity index (χ0n) is 11.3. The SMILES string of the molecule is CNS(=O)(=O)c1ccc(N)c(NC2CCS(=O)CC2)c1. The van der Waals surface area contributed by atoms with E-state index < -0.39 is 20.8 Å². The van der Waals surface area contributed by atoms with Crippen LogP contribution in [-0.4, -0.2) is 37.2 Å². The first kappa shape index (κ1) is 15.3. The van der Waals surface area contributed by atoms with E-state index in [0.29, 0.717) is 22.9 Å². The summed E-state index contributed by atoms with van der Waals surface area (Å²) in [7, 11) is -2.83. The summed E-state index contributed by atoms with van der Waals surface area (Å²) in [6.07, 6.45) is 1.60. The number of nitrogen functional groups attached to an aromatic ring is 1. The molecule has 0 amide bonds. The molecule has 112 valence electrons.